The van der Waals surface area contributed by atoms with Crippen molar-refractivity contribution in [3.8, 4) is 0 Å². The first kappa shape index (κ1) is 14.8. The summed E-state index contributed by atoms with van der Waals surface area (Å²) in [7, 11) is 0. The van der Waals surface area contributed by atoms with Gasteiger partial charge in [0.05, 0.1) is 17.2 Å². The number of fused-ring (bicyclic) bond motifs is 1. The molecule has 0 aliphatic carbocycles. The molecule has 0 N–H and O–H groups in total. The predicted octanol–water partition coefficient (Wildman–Crippen LogP) is 2.28. The Labute approximate surface area is 139 Å². The molecule has 2 aromatic heterocycles. The van der Waals surface area contributed by atoms with Gasteiger partial charge in [0, 0.05) is 37.7 Å². The fourth-order valence-corrected chi connectivity index (χ4v) is 4.10. The number of nitrogens with zero attached hydrogens (tertiary/aromatic N) is 3. The van der Waals surface area contributed by atoms with E-state index in [9.17, 15) is 4.79 Å². The normalized spacial score (nSPS) is 21.0. The third-order valence-corrected chi connectivity index (χ3v) is 5.51. The maximum absolute atomic E-state index is 12.6. The standard InChI is InChI=1S/C17H19N3O2S/c21-17(15-2-1-9-23-15)20-6-3-13-14(4-7-20)18-11-19-16(13)12-5-8-22-10-12/h1-2,9,11-12H,3-8,10H2/t12-/m0/s1. The maximum Gasteiger partial charge on any atom is 0.263 e. The van der Waals surface area contributed by atoms with E-state index >= 15 is 0 Å². The molecule has 0 spiro atoms. The fourth-order valence-electron chi connectivity index (χ4n) is 3.41. The summed E-state index contributed by atoms with van der Waals surface area (Å²) in [6, 6.07) is 3.82. The molecule has 1 amide bonds. The minimum absolute atomic E-state index is 0.131. The van der Waals surface area contributed by atoms with Crippen LogP contribution in [-0.2, 0) is 17.6 Å². The van der Waals surface area contributed by atoms with Crippen molar-refractivity contribution in [2.75, 3.05) is 26.3 Å². The summed E-state index contributed by atoms with van der Waals surface area (Å²) in [5.41, 5.74) is 3.48. The van der Waals surface area contributed by atoms with Crippen molar-refractivity contribution >= 4 is 17.2 Å². The van der Waals surface area contributed by atoms with Gasteiger partial charge in [0.15, 0.2) is 0 Å². The average Bonchev–Trinajstić information content (AvgIpc) is 3.24. The number of carbonyl (C=O) groups excluding carboxylic acids is 1. The minimum atomic E-state index is 0.131. The number of thiophene rings is 1. The first-order valence-electron chi connectivity index (χ1n) is 8.06. The Bertz CT molecular complexity index is 696. The molecule has 1 saturated heterocycles. The molecule has 5 nitrogen and oxygen atoms in total. The van der Waals surface area contributed by atoms with Crippen molar-refractivity contribution in [3.05, 3.63) is 45.7 Å². The van der Waals surface area contributed by atoms with E-state index in [1.54, 1.807) is 6.33 Å². The van der Waals surface area contributed by atoms with Gasteiger partial charge in [-0.3, -0.25) is 4.79 Å². The fraction of sp³-hybridized carbons (Fsp3) is 0.471. The van der Waals surface area contributed by atoms with E-state index in [0.717, 1.165) is 61.8 Å². The number of aromatic nitrogens is 2. The second-order valence-corrected chi connectivity index (χ2v) is 6.96. The lowest BCUT2D eigenvalue weighted by atomic mass is 9.96. The van der Waals surface area contributed by atoms with Crippen LogP contribution in [0.5, 0.6) is 0 Å². The Balaban J connectivity index is 1.56. The summed E-state index contributed by atoms with van der Waals surface area (Å²) >= 11 is 1.50. The minimum Gasteiger partial charge on any atom is -0.381 e. The maximum atomic E-state index is 12.6. The topological polar surface area (TPSA) is 55.3 Å². The first-order valence-corrected chi connectivity index (χ1v) is 8.94. The molecule has 0 aromatic carbocycles. The van der Waals surface area contributed by atoms with Gasteiger partial charge in [0.1, 0.15) is 6.33 Å². The van der Waals surface area contributed by atoms with Crippen LogP contribution in [0.3, 0.4) is 0 Å². The lowest BCUT2D eigenvalue weighted by Gasteiger charge is -2.19. The third kappa shape index (κ3) is 2.88. The summed E-state index contributed by atoms with van der Waals surface area (Å²) in [6.07, 6.45) is 4.33. The molecule has 0 radical (unpaired) electrons. The molecule has 2 aromatic rings. The highest BCUT2D eigenvalue weighted by molar-refractivity contribution is 7.12. The zero-order valence-electron chi connectivity index (χ0n) is 12.9. The Kier molecular flexibility index (Phi) is 4.10. The Morgan fingerprint density at radius 1 is 1.30 bits per heavy atom. The quantitative estimate of drug-likeness (QED) is 0.848. The van der Waals surface area contributed by atoms with Crippen LogP contribution in [0.1, 0.15) is 39.0 Å². The molecular formula is C17H19N3O2S. The van der Waals surface area contributed by atoms with Gasteiger partial charge in [-0.25, -0.2) is 9.97 Å². The van der Waals surface area contributed by atoms with Crippen molar-refractivity contribution < 1.29 is 9.53 Å². The molecule has 1 fully saturated rings. The molecule has 2 aliphatic rings. The van der Waals surface area contributed by atoms with Crippen LogP contribution in [0, 0.1) is 0 Å². The highest BCUT2D eigenvalue weighted by Crippen LogP contribution is 2.29. The van der Waals surface area contributed by atoms with Crippen LogP contribution < -0.4 is 0 Å². The van der Waals surface area contributed by atoms with Crippen LogP contribution in [0.4, 0.5) is 0 Å². The molecule has 120 valence electrons. The van der Waals surface area contributed by atoms with Crippen LogP contribution in [0.25, 0.3) is 0 Å². The molecule has 0 saturated carbocycles. The van der Waals surface area contributed by atoms with Crippen molar-refractivity contribution in [1.29, 1.82) is 0 Å². The summed E-state index contributed by atoms with van der Waals surface area (Å²) in [6.45, 7) is 3.02. The zero-order valence-corrected chi connectivity index (χ0v) is 13.7. The van der Waals surface area contributed by atoms with Crippen LogP contribution in [-0.4, -0.2) is 47.1 Å². The molecule has 1 atom stereocenters. The van der Waals surface area contributed by atoms with E-state index in [-0.39, 0.29) is 5.91 Å². The molecule has 4 rings (SSSR count). The Morgan fingerprint density at radius 3 is 3.00 bits per heavy atom. The number of hydrogen-bond donors (Lipinski definition) is 0. The van der Waals surface area contributed by atoms with Gasteiger partial charge in [-0.1, -0.05) is 6.07 Å². The number of rotatable bonds is 2. The largest absolute Gasteiger partial charge is 0.381 e. The number of hydrogen-bond acceptors (Lipinski definition) is 5. The van der Waals surface area contributed by atoms with Crippen LogP contribution in [0.15, 0.2) is 23.8 Å². The van der Waals surface area contributed by atoms with Crippen molar-refractivity contribution in [2.45, 2.75) is 25.2 Å². The van der Waals surface area contributed by atoms with E-state index in [1.807, 2.05) is 22.4 Å². The molecule has 2 aliphatic heterocycles. The van der Waals surface area contributed by atoms with Gasteiger partial charge >= 0.3 is 0 Å². The van der Waals surface area contributed by atoms with Crippen molar-refractivity contribution in [2.24, 2.45) is 0 Å². The second kappa shape index (κ2) is 6.37. The Hall–Kier alpha value is -1.79. The molecule has 23 heavy (non-hydrogen) atoms. The molecule has 4 heterocycles. The van der Waals surface area contributed by atoms with Gasteiger partial charge < -0.3 is 9.64 Å². The van der Waals surface area contributed by atoms with E-state index in [4.69, 9.17) is 4.74 Å². The van der Waals surface area contributed by atoms with Gasteiger partial charge in [0.2, 0.25) is 0 Å². The highest BCUT2D eigenvalue weighted by atomic mass is 32.1. The van der Waals surface area contributed by atoms with E-state index in [1.165, 1.54) is 16.9 Å². The van der Waals surface area contributed by atoms with E-state index in [2.05, 4.69) is 9.97 Å². The van der Waals surface area contributed by atoms with Gasteiger partial charge in [-0.05, 0) is 29.9 Å². The Morgan fingerprint density at radius 2 is 2.22 bits per heavy atom. The number of ether oxygens (including phenoxy) is 1. The first-order chi connectivity index (χ1) is 11.3. The average molecular weight is 329 g/mol. The summed E-state index contributed by atoms with van der Waals surface area (Å²) in [5, 5.41) is 1.95. The SMILES string of the molecule is O=C(c1cccs1)N1CCc2ncnc([C@H]3CCOC3)c2CC1. The van der Waals surface area contributed by atoms with E-state index < -0.39 is 0 Å². The molecular weight excluding hydrogens is 310 g/mol. The predicted molar refractivity (Wildman–Crippen MR) is 87.8 cm³/mol. The molecule has 0 bridgehead atoms. The zero-order chi connectivity index (χ0) is 15.6. The van der Waals surface area contributed by atoms with Gasteiger partial charge in [-0.2, -0.15) is 0 Å². The highest BCUT2D eigenvalue weighted by Gasteiger charge is 2.27. The summed E-state index contributed by atoms with van der Waals surface area (Å²) in [4.78, 5) is 24.4. The lowest BCUT2D eigenvalue weighted by molar-refractivity contribution is 0.0767. The van der Waals surface area contributed by atoms with Crippen LogP contribution in [0.2, 0.25) is 0 Å². The van der Waals surface area contributed by atoms with Crippen LogP contribution >= 0.6 is 11.3 Å². The third-order valence-electron chi connectivity index (χ3n) is 4.65. The summed E-state index contributed by atoms with van der Waals surface area (Å²) < 4.78 is 5.52. The van der Waals surface area contributed by atoms with Gasteiger partial charge in [0.25, 0.3) is 5.91 Å². The number of carbonyl (C=O) groups is 1. The molecule has 0 unspecified atom stereocenters. The second-order valence-electron chi connectivity index (χ2n) is 6.01. The number of amides is 1. The lowest BCUT2D eigenvalue weighted by Crippen LogP contribution is -2.32. The van der Waals surface area contributed by atoms with Crippen molar-refractivity contribution in [1.82, 2.24) is 14.9 Å². The smallest absolute Gasteiger partial charge is 0.263 e. The monoisotopic (exact) mass is 329 g/mol. The molecule has 6 heteroatoms. The summed E-state index contributed by atoms with van der Waals surface area (Å²) in [5.74, 6) is 0.512. The van der Waals surface area contributed by atoms with Crippen molar-refractivity contribution in [3.63, 3.8) is 0 Å². The van der Waals surface area contributed by atoms with E-state index in [0.29, 0.717) is 5.92 Å². The van der Waals surface area contributed by atoms with Gasteiger partial charge in [-0.15, -0.1) is 11.3 Å².